The summed E-state index contributed by atoms with van der Waals surface area (Å²) in [4.78, 5) is 14.7. The lowest BCUT2D eigenvalue weighted by Gasteiger charge is -2.16. The minimum absolute atomic E-state index is 0.136. The van der Waals surface area contributed by atoms with E-state index >= 15 is 0 Å². The summed E-state index contributed by atoms with van der Waals surface area (Å²) in [5, 5.41) is 11.0. The van der Waals surface area contributed by atoms with Gasteiger partial charge in [-0.05, 0) is 61.8 Å². The van der Waals surface area contributed by atoms with Crippen molar-refractivity contribution in [1.29, 1.82) is 0 Å². The van der Waals surface area contributed by atoms with Crippen molar-refractivity contribution in [3.63, 3.8) is 0 Å². The molecular weight excluding hydrogens is 321 g/mol. The Morgan fingerprint density at radius 2 is 1.80 bits per heavy atom. The molecule has 0 atom stereocenters. The number of benzene rings is 2. The van der Waals surface area contributed by atoms with Gasteiger partial charge in [-0.1, -0.05) is 12.1 Å². The molecule has 1 saturated heterocycles. The Morgan fingerprint density at radius 1 is 1.08 bits per heavy atom. The molecule has 0 aliphatic carbocycles. The number of halogens is 1. The van der Waals surface area contributed by atoms with Crippen molar-refractivity contribution < 1.29 is 13.9 Å². The van der Waals surface area contributed by atoms with Gasteiger partial charge in [0.1, 0.15) is 17.1 Å². The Hall–Kier alpha value is -2.66. The highest BCUT2D eigenvalue weighted by Crippen LogP contribution is 2.30. The third-order valence-electron chi connectivity index (χ3n) is 4.72. The monoisotopic (exact) mass is 339 g/mol. The van der Waals surface area contributed by atoms with Gasteiger partial charge in [0.15, 0.2) is 0 Å². The Balaban J connectivity index is 1.82. The lowest BCUT2D eigenvalue weighted by atomic mass is 10.0. The van der Waals surface area contributed by atoms with Gasteiger partial charge in [-0.2, -0.15) is 0 Å². The maximum Gasteiger partial charge on any atom is 0.344 e. The van der Waals surface area contributed by atoms with E-state index in [4.69, 9.17) is 4.42 Å². The van der Waals surface area contributed by atoms with Crippen molar-refractivity contribution >= 4 is 11.0 Å². The lowest BCUT2D eigenvalue weighted by Crippen LogP contribution is -2.19. The first-order chi connectivity index (χ1) is 12.1. The predicted molar refractivity (Wildman–Crippen MR) is 94.1 cm³/mol. The maximum absolute atomic E-state index is 13.1. The molecule has 1 aromatic heterocycles. The molecule has 5 heteroatoms. The molecule has 2 heterocycles. The zero-order valence-corrected chi connectivity index (χ0v) is 13.7. The zero-order valence-electron chi connectivity index (χ0n) is 13.7. The summed E-state index contributed by atoms with van der Waals surface area (Å²) in [5.74, 6) is -0.219. The van der Waals surface area contributed by atoms with Crippen LogP contribution in [0.4, 0.5) is 4.39 Å². The molecule has 1 aliphatic heterocycles. The number of likely N-dealkylation sites (tertiary alicyclic amines) is 1. The first kappa shape index (κ1) is 15.8. The summed E-state index contributed by atoms with van der Waals surface area (Å²) < 4.78 is 18.7. The Morgan fingerprint density at radius 3 is 2.52 bits per heavy atom. The molecule has 0 unspecified atom stereocenters. The lowest BCUT2D eigenvalue weighted by molar-refractivity contribution is 0.323. The van der Waals surface area contributed by atoms with E-state index in [0.29, 0.717) is 28.8 Å². The molecule has 25 heavy (non-hydrogen) atoms. The van der Waals surface area contributed by atoms with E-state index < -0.39 is 5.63 Å². The fraction of sp³-hybridized carbons (Fsp3) is 0.250. The molecule has 1 aliphatic rings. The number of nitrogens with zero attached hydrogens (tertiary/aromatic N) is 1. The van der Waals surface area contributed by atoms with Gasteiger partial charge in [0.05, 0.1) is 11.1 Å². The standard InChI is InChI=1S/C20H18FNO3/c21-15-6-3-13(4-7-15)16-11-14-5-8-18(23)17(19(14)25-20(16)24)12-22-9-1-2-10-22/h3-8,11,23H,1-2,9-10,12H2. The van der Waals surface area contributed by atoms with E-state index in [1.807, 2.05) is 0 Å². The summed E-state index contributed by atoms with van der Waals surface area (Å²) in [7, 11) is 0. The van der Waals surface area contributed by atoms with Crippen LogP contribution in [0, 0.1) is 5.82 Å². The molecule has 0 spiro atoms. The fourth-order valence-corrected chi connectivity index (χ4v) is 3.38. The van der Waals surface area contributed by atoms with Crippen molar-refractivity contribution in [2.24, 2.45) is 0 Å². The molecule has 1 fully saturated rings. The second-order valence-electron chi connectivity index (χ2n) is 6.42. The highest BCUT2D eigenvalue weighted by atomic mass is 19.1. The van der Waals surface area contributed by atoms with Crippen LogP contribution in [0.2, 0.25) is 0 Å². The average Bonchev–Trinajstić information content (AvgIpc) is 3.11. The van der Waals surface area contributed by atoms with Crippen molar-refractivity contribution in [2.45, 2.75) is 19.4 Å². The largest absolute Gasteiger partial charge is 0.507 e. The summed E-state index contributed by atoms with van der Waals surface area (Å²) in [6, 6.07) is 10.8. The first-order valence-electron chi connectivity index (χ1n) is 8.39. The van der Waals surface area contributed by atoms with Crippen molar-refractivity contribution in [3.05, 3.63) is 64.3 Å². The summed E-state index contributed by atoms with van der Waals surface area (Å²) in [6.45, 7) is 2.52. The summed E-state index contributed by atoms with van der Waals surface area (Å²) in [5.41, 5.74) is 1.55. The van der Waals surface area contributed by atoms with Gasteiger partial charge in [-0.3, -0.25) is 4.90 Å². The van der Waals surface area contributed by atoms with Crippen LogP contribution in [0.25, 0.3) is 22.1 Å². The van der Waals surface area contributed by atoms with Crippen LogP contribution in [0.5, 0.6) is 5.75 Å². The number of phenols is 1. The third kappa shape index (κ3) is 3.03. The Bertz CT molecular complexity index is 973. The average molecular weight is 339 g/mol. The van der Waals surface area contributed by atoms with Crippen LogP contribution in [0.3, 0.4) is 0 Å². The van der Waals surface area contributed by atoms with Crippen LogP contribution in [0.15, 0.2) is 51.7 Å². The molecule has 1 N–H and O–H groups in total. The maximum atomic E-state index is 13.1. The molecule has 2 aromatic carbocycles. The van der Waals surface area contributed by atoms with Gasteiger partial charge in [0.2, 0.25) is 0 Å². The van der Waals surface area contributed by atoms with Crippen LogP contribution in [-0.2, 0) is 6.54 Å². The van der Waals surface area contributed by atoms with Crippen molar-refractivity contribution in [1.82, 2.24) is 4.90 Å². The molecule has 0 amide bonds. The molecule has 4 nitrogen and oxygen atoms in total. The third-order valence-corrected chi connectivity index (χ3v) is 4.72. The molecule has 0 bridgehead atoms. The van der Waals surface area contributed by atoms with Crippen LogP contribution in [-0.4, -0.2) is 23.1 Å². The molecule has 0 saturated carbocycles. The van der Waals surface area contributed by atoms with Gasteiger partial charge < -0.3 is 9.52 Å². The van der Waals surface area contributed by atoms with Gasteiger partial charge >= 0.3 is 5.63 Å². The SMILES string of the molecule is O=c1oc2c(CN3CCCC3)c(O)ccc2cc1-c1ccc(F)cc1. The number of hydrogen-bond acceptors (Lipinski definition) is 4. The minimum atomic E-state index is -0.493. The van der Waals surface area contributed by atoms with E-state index in [-0.39, 0.29) is 11.6 Å². The van der Waals surface area contributed by atoms with E-state index in [1.165, 1.54) is 12.1 Å². The highest BCUT2D eigenvalue weighted by molar-refractivity contribution is 5.85. The molecule has 3 aromatic rings. The van der Waals surface area contributed by atoms with Gasteiger partial charge in [0, 0.05) is 11.9 Å². The van der Waals surface area contributed by atoms with E-state index in [2.05, 4.69) is 4.90 Å². The van der Waals surface area contributed by atoms with E-state index in [1.54, 1.807) is 30.3 Å². The predicted octanol–water partition coefficient (Wildman–Crippen LogP) is 3.90. The molecular formula is C20H18FNO3. The molecule has 128 valence electrons. The number of rotatable bonds is 3. The Kier molecular flexibility index (Phi) is 4.01. The van der Waals surface area contributed by atoms with E-state index in [9.17, 15) is 14.3 Å². The normalized spacial score (nSPS) is 15.1. The van der Waals surface area contributed by atoms with Gasteiger partial charge in [-0.15, -0.1) is 0 Å². The Labute approximate surface area is 144 Å². The number of hydrogen-bond donors (Lipinski definition) is 1. The van der Waals surface area contributed by atoms with Crippen molar-refractivity contribution in [3.8, 4) is 16.9 Å². The number of aromatic hydroxyl groups is 1. The highest BCUT2D eigenvalue weighted by Gasteiger charge is 2.18. The van der Waals surface area contributed by atoms with E-state index in [0.717, 1.165) is 31.3 Å². The smallest absolute Gasteiger partial charge is 0.344 e. The molecule has 0 radical (unpaired) electrons. The number of phenolic OH excluding ortho intramolecular Hbond substituents is 1. The van der Waals surface area contributed by atoms with Crippen LogP contribution < -0.4 is 5.63 Å². The van der Waals surface area contributed by atoms with Crippen LogP contribution >= 0.6 is 0 Å². The summed E-state index contributed by atoms with van der Waals surface area (Å²) in [6.07, 6.45) is 2.29. The van der Waals surface area contributed by atoms with Gasteiger partial charge in [-0.25, -0.2) is 9.18 Å². The first-order valence-corrected chi connectivity index (χ1v) is 8.39. The second-order valence-corrected chi connectivity index (χ2v) is 6.42. The fourth-order valence-electron chi connectivity index (χ4n) is 3.38. The molecule has 4 rings (SSSR count). The van der Waals surface area contributed by atoms with Crippen LogP contribution in [0.1, 0.15) is 18.4 Å². The topological polar surface area (TPSA) is 53.7 Å². The summed E-state index contributed by atoms with van der Waals surface area (Å²) >= 11 is 0. The number of fused-ring (bicyclic) bond motifs is 1. The quantitative estimate of drug-likeness (QED) is 0.735. The van der Waals surface area contributed by atoms with Crippen molar-refractivity contribution in [2.75, 3.05) is 13.1 Å². The minimum Gasteiger partial charge on any atom is -0.507 e. The second kappa shape index (κ2) is 6.33. The van der Waals surface area contributed by atoms with Gasteiger partial charge in [0.25, 0.3) is 0 Å². The zero-order chi connectivity index (χ0) is 17.4.